The first kappa shape index (κ1) is 12.5. The second kappa shape index (κ2) is 5.14. The van der Waals surface area contributed by atoms with Gasteiger partial charge in [0.25, 0.3) is 0 Å². The molecule has 6 heteroatoms. The standard InChI is InChI=1S/C11H10BrClN2O2/c12-4-7-3-10(17)15(5-7)11-8(6-16)9(13)1-2-14-11/h1-2,6-7H,3-5H2. The van der Waals surface area contributed by atoms with E-state index >= 15 is 0 Å². The first-order valence-electron chi connectivity index (χ1n) is 5.13. The summed E-state index contributed by atoms with van der Waals surface area (Å²) in [7, 11) is 0. The topological polar surface area (TPSA) is 50.3 Å². The van der Waals surface area contributed by atoms with Crippen LogP contribution in [0.1, 0.15) is 16.8 Å². The van der Waals surface area contributed by atoms with Crippen molar-refractivity contribution in [3.05, 3.63) is 22.8 Å². The second-order valence-electron chi connectivity index (χ2n) is 3.88. The van der Waals surface area contributed by atoms with Crippen LogP contribution in [0.15, 0.2) is 12.3 Å². The maximum absolute atomic E-state index is 11.8. The molecule has 1 amide bonds. The summed E-state index contributed by atoms with van der Waals surface area (Å²) in [6.45, 7) is 0.568. The Bertz CT molecular complexity index is 467. The van der Waals surface area contributed by atoms with Crippen LogP contribution in [0.4, 0.5) is 5.82 Å². The minimum Gasteiger partial charge on any atom is -0.298 e. The zero-order chi connectivity index (χ0) is 12.4. The molecule has 1 atom stereocenters. The van der Waals surface area contributed by atoms with E-state index in [2.05, 4.69) is 20.9 Å². The lowest BCUT2D eigenvalue weighted by atomic mass is 10.2. The summed E-state index contributed by atoms with van der Waals surface area (Å²) in [4.78, 5) is 28.4. The molecule has 2 rings (SSSR count). The zero-order valence-corrected chi connectivity index (χ0v) is 11.2. The van der Waals surface area contributed by atoms with E-state index in [1.54, 1.807) is 0 Å². The van der Waals surface area contributed by atoms with Gasteiger partial charge in [-0.15, -0.1) is 0 Å². The van der Waals surface area contributed by atoms with Crippen LogP contribution >= 0.6 is 27.5 Å². The molecule has 17 heavy (non-hydrogen) atoms. The number of alkyl halides is 1. The Balaban J connectivity index is 2.38. The van der Waals surface area contributed by atoms with Gasteiger partial charge in [-0.25, -0.2) is 4.98 Å². The number of anilines is 1. The highest BCUT2D eigenvalue weighted by Gasteiger charge is 2.32. The molecule has 1 unspecified atom stereocenters. The van der Waals surface area contributed by atoms with E-state index < -0.39 is 0 Å². The van der Waals surface area contributed by atoms with Crippen molar-refractivity contribution in [2.45, 2.75) is 6.42 Å². The Kier molecular flexibility index (Phi) is 3.79. The molecule has 1 aromatic heterocycles. The largest absolute Gasteiger partial charge is 0.298 e. The fourth-order valence-electron chi connectivity index (χ4n) is 1.85. The number of carbonyl (C=O) groups excluding carboxylic acids is 2. The van der Waals surface area contributed by atoms with Crippen LogP contribution in [0.2, 0.25) is 5.02 Å². The summed E-state index contributed by atoms with van der Waals surface area (Å²) >= 11 is 9.27. The fraction of sp³-hybridized carbons (Fsp3) is 0.364. The van der Waals surface area contributed by atoms with Gasteiger partial charge >= 0.3 is 0 Å². The number of hydrogen-bond acceptors (Lipinski definition) is 3. The van der Waals surface area contributed by atoms with Crippen LogP contribution in [-0.4, -0.2) is 29.1 Å². The van der Waals surface area contributed by atoms with Crippen molar-refractivity contribution in [1.82, 2.24) is 4.98 Å². The Morgan fingerprint density at radius 3 is 3.00 bits per heavy atom. The molecule has 0 saturated carbocycles. The molecule has 90 valence electrons. The van der Waals surface area contributed by atoms with Crippen molar-refractivity contribution in [3.63, 3.8) is 0 Å². The highest BCUT2D eigenvalue weighted by Crippen LogP contribution is 2.29. The Morgan fingerprint density at radius 1 is 1.65 bits per heavy atom. The van der Waals surface area contributed by atoms with E-state index in [-0.39, 0.29) is 17.4 Å². The van der Waals surface area contributed by atoms with Gasteiger partial charge in [0.1, 0.15) is 5.82 Å². The van der Waals surface area contributed by atoms with Crippen molar-refractivity contribution in [3.8, 4) is 0 Å². The fourth-order valence-corrected chi connectivity index (χ4v) is 2.47. The maximum atomic E-state index is 11.8. The second-order valence-corrected chi connectivity index (χ2v) is 4.93. The quantitative estimate of drug-likeness (QED) is 0.635. The number of carbonyl (C=O) groups is 2. The van der Waals surface area contributed by atoms with Gasteiger partial charge in [-0.1, -0.05) is 27.5 Å². The highest BCUT2D eigenvalue weighted by atomic mass is 79.9. The van der Waals surface area contributed by atoms with Gasteiger partial charge in [0.2, 0.25) is 5.91 Å². The molecule has 1 aliphatic heterocycles. The SMILES string of the molecule is O=Cc1c(Cl)ccnc1N1CC(CBr)CC1=O. The van der Waals surface area contributed by atoms with E-state index in [4.69, 9.17) is 11.6 Å². The molecule has 1 aliphatic rings. The van der Waals surface area contributed by atoms with Crippen molar-refractivity contribution in [2.75, 3.05) is 16.8 Å². The van der Waals surface area contributed by atoms with Crippen molar-refractivity contribution < 1.29 is 9.59 Å². The Morgan fingerprint density at radius 2 is 2.41 bits per heavy atom. The normalized spacial score (nSPS) is 19.8. The molecule has 0 N–H and O–H groups in total. The van der Waals surface area contributed by atoms with E-state index in [9.17, 15) is 9.59 Å². The van der Waals surface area contributed by atoms with Crippen LogP contribution in [-0.2, 0) is 4.79 Å². The monoisotopic (exact) mass is 316 g/mol. The molecule has 0 spiro atoms. The lowest BCUT2D eigenvalue weighted by Gasteiger charge is -2.17. The van der Waals surface area contributed by atoms with Crippen molar-refractivity contribution >= 4 is 45.5 Å². The third kappa shape index (κ3) is 2.35. The molecule has 0 aromatic carbocycles. The molecule has 1 saturated heterocycles. The molecule has 0 aliphatic carbocycles. The van der Waals surface area contributed by atoms with Gasteiger partial charge in [-0.05, 0) is 12.0 Å². The molecular weight excluding hydrogens is 307 g/mol. The Hall–Kier alpha value is -0.940. The number of halogens is 2. The highest BCUT2D eigenvalue weighted by molar-refractivity contribution is 9.09. The lowest BCUT2D eigenvalue weighted by molar-refractivity contribution is -0.117. The summed E-state index contributed by atoms with van der Waals surface area (Å²) in [6.07, 6.45) is 2.61. The van der Waals surface area contributed by atoms with E-state index in [0.717, 1.165) is 5.33 Å². The van der Waals surface area contributed by atoms with Gasteiger partial charge in [-0.3, -0.25) is 14.5 Å². The number of rotatable bonds is 3. The van der Waals surface area contributed by atoms with Crippen LogP contribution in [0.5, 0.6) is 0 Å². The average Bonchev–Trinajstić information content (AvgIpc) is 2.70. The molecular formula is C11H10BrClN2O2. The Labute approximate surface area is 112 Å². The number of aromatic nitrogens is 1. The molecule has 2 heterocycles. The van der Waals surface area contributed by atoms with Crippen LogP contribution < -0.4 is 4.90 Å². The summed E-state index contributed by atoms with van der Waals surface area (Å²) in [6, 6.07) is 1.54. The van der Waals surface area contributed by atoms with Crippen LogP contribution in [0.25, 0.3) is 0 Å². The third-order valence-electron chi connectivity index (χ3n) is 2.71. The third-order valence-corrected chi connectivity index (χ3v) is 3.96. The summed E-state index contributed by atoms with van der Waals surface area (Å²) in [5.41, 5.74) is 0.276. The van der Waals surface area contributed by atoms with E-state index in [1.807, 2.05) is 0 Å². The molecule has 4 nitrogen and oxygen atoms in total. The summed E-state index contributed by atoms with van der Waals surface area (Å²) < 4.78 is 0. The molecule has 1 fully saturated rings. The minimum atomic E-state index is -0.0210. The molecule has 0 bridgehead atoms. The molecule has 0 radical (unpaired) electrons. The van der Waals surface area contributed by atoms with Gasteiger partial charge in [0, 0.05) is 24.5 Å². The first-order chi connectivity index (χ1) is 8.17. The lowest BCUT2D eigenvalue weighted by Crippen LogP contribution is -2.27. The maximum Gasteiger partial charge on any atom is 0.228 e. The summed E-state index contributed by atoms with van der Waals surface area (Å²) in [5.74, 6) is 0.594. The van der Waals surface area contributed by atoms with Gasteiger partial charge in [-0.2, -0.15) is 0 Å². The number of hydrogen-bond donors (Lipinski definition) is 0. The van der Waals surface area contributed by atoms with Crippen molar-refractivity contribution in [1.29, 1.82) is 0 Å². The predicted molar refractivity (Wildman–Crippen MR) is 68.9 cm³/mol. The zero-order valence-electron chi connectivity index (χ0n) is 8.90. The number of nitrogens with zero attached hydrogens (tertiary/aromatic N) is 2. The van der Waals surface area contributed by atoms with Gasteiger partial charge < -0.3 is 0 Å². The van der Waals surface area contributed by atoms with Gasteiger partial charge in [0.05, 0.1) is 10.6 Å². The van der Waals surface area contributed by atoms with E-state index in [0.29, 0.717) is 30.1 Å². The van der Waals surface area contributed by atoms with E-state index in [1.165, 1.54) is 17.2 Å². The smallest absolute Gasteiger partial charge is 0.228 e. The first-order valence-corrected chi connectivity index (χ1v) is 6.63. The van der Waals surface area contributed by atoms with Crippen LogP contribution in [0, 0.1) is 5.92 Å². The minimum absolute atomic E-state index is 0.0210. The number of amides is 1. The number of pyridine rings is 1. The number of aldehydes is 1. The van der Waals surface area contributed by atoms with Gasteiger partial charge in [0.15, 0.2) is 6.29 Å². The van der Waals surface area contributed by atoms with Crippen LogP contribution in [0.3, 0.4) is 0 Å². The van der Waals surface area contributed by atoms with Crippen molar-refractivity contribution in [2.24, 2.45) is 5.92 Å². The summed E-state index contributed by atoms with van der Waals surface area (Å²) in [5, 5.41) is 1.08. The average molecular weight is 318 g/mol. The predicted octanol–water partition coefficient (Wildman–Crippen LogP) is 2.30. The molecule has 1 aromatic rings.